The van der Waals surface area contributed by atoms with Gasteiger partial charge in [-0.25, -0.2) is 4.98 Å². The van der Waals surface area contributed by atoms with Crippen molar-refractivity contribution in [3.63, 3.8) is 0 Å². The number of ether oxygens (including phenoxy) is 3. The Bertz CT molecular complexity index is 401. The van der Waals surface area contributed by atoms with E-state index < -0.39 is 0 Å². The highest BCUT2D eigenvalue weighted by Crippen LogP contribution is 2.24. The Balaban J connectivity index is 2.56. The molecule has 0 atom stereocenters. The van der Waals surface area contributed by atoms with Gasteiger partial charge >= 0.3 is 0 Å². The number of pyridine rings is 1. The lowest BCUT2D eigenvalue weighted by Gasteiger charge is -2.19. The summed E-state index contributed by atoms with van der Waals surface area (Å²) in [5.74, 6) is 0.525. The van der Waals surface area contributed by atoms with Crippen LogP contribution in [0.2, 0.25) is 0 Å². The Morgan fingerprint density at radius 3 is 2.40 bits per heavy atom. The molecule has 1 aromatic heterocycles. The van der Waals surface area contributed by atoms with E-state index in [-0.39, 0.29) is 12.0 Å². The van der Waals surface area contributed by atoms with Gasteiger partial charge in [0.1, 0.15) is 6.61 Å². The average molecular weight is 283 g/mol. The summed E-state index contributed by atoms with van der Waals surface area (Å²) in [6.45, 7) is 8.25. The van der Waals surface area contributed by atoms with E-state index >= 15 is 0 Å². The van der Waals surface area contributed by atoms with Gasteiger partial charge in [0, 0.05) is 18.6 Å². The maximum Gasteiger partial charge on any atom is 0.213 e. The minimum absolute atomic E-state index is 0.0215. The highest BCUT2D eigenvalue weighted by atomic mass is 16.5. The monoisotopic (exact) mass is 283 g/mol. The maximum absolute atomic E-state index is 9.30. The number of nitrogens with zero attached hydrogens (tertiary/aromatic N) is 1. The predicted octanol–water partition coefficient (Wildman–Crippen LogP) is 1.91. The van der Waals surface area contributed by atoms with Crippen molar-refractivity contribution < 1.29 is 19.3 Å². The van der Waals surface area contributed by atoms with E-state index in [1.807, 2.05) is 6.07 Å². The lowest BCUT2D eigenvalue weighted by atomic mass is 9.91. The van der Waals surface area contributed by atoms with Crippen LogP contribution in [-0.2, 0) is 21.5 Å². The normalized spacial score (nSPS) is 11.7. The number of aromatic nitrogens is 1. The molecule has 1 heterocycles. The first kappa shape index (κ1) is 16.9. The summed E-state index contributed by atoms with van der Waals surface area (Å²) in [6.07, 6.45) is 0. The van der Waals surface area contributed by atoms with Crippen molar-refractivity contribution in [3.8, 4) is 5.88 Å². The van der Waals surface area contributed by atoms with Gasteiger partial charge in [-0.3, -0.25) is 0 Å². The van der Waals surface area contributed by atoms with E-state index in [2.05, 4.69) is 25.8 Å². The fourth-order valence-electron chi connectivity index (χ4n) is 1.56. The van der Waals surface area contributed by atoms with E-state index in [1.165, 1.54) is 0 Å². The average Bonchev–Trinajstić information content (AvgIpc) is 2.41. The molecule has 0 radical (unpaired) electrons. The van der Waals surface area contributed by atoms with Crippen molar-refractivity contribution in [3.05, 3.63) is 23.4 Å². The van der Waals surface area contributed by atoms with Crippen LogP contribution in [0.25, 0.3) is 0 Å². The van der Waals surface area contributed by atoms with Crippen molar-refractivity contribution in [1.82, 2.24) is 4.98 Å². The van der Waals surface area contributed by atoms with E-state index in [4.69, 9.17) is 14.2 Å². The highest BCUT2D eigenvalue weighted by Gasteiger charge is 2.17. The van der Waals surface area contributed by atoms with Crippen LogP contribution in [0.3, 0.4) is 0 Å². The van der Waals surface area contributed by atoms with Gasteiger partial charge in [0.05, 0.1) is 32.1 Å². The zero-order valence-electron chi connectivity index (χ0n) is 12.8. The van der Waals surface area contributed by atoms with Crippen LogP contribution in [-0.4, -0.2) is 43.6 Å². The molecular weight excluding hydrogens is 258 g/mol. The number of hydrogen-bond acceptors (Lipinski definition) is 5. The summed E-state index contributed by atoms with van der Waals surface area (Å²) in [5.41, 5.74) is 1.62. The number of aliphatic hydroxyl groups is 1. The Labute approximate surface area is 120 Å². The van der Waals surface area contributed by atoms with Gasteiger partial charge < -0.3 is 19.3 Å². The van der Waals surface area contributed by atoms with Crippen molar-refractivity contribution in [1.29, 1.82) is 0 Å². The minimum atomic E-state index is -0.0851. The summed E-state index contributed by atoms with van der Waals surface area (Å²) in [4.78, 5) is 4.47. The number of aliphatic hydroxyl groups excluding tert-OH is 1. The molecular formula is C15H25NO4. The minimum Gasteiger partial charge on any atom is -0.475 e. The quantitative estimate of drug-likeness (QED) is 0.739. The highest BCUT2D eigenvalue weighted by molar-refractivity contribution is 5.28. The molecule has 1 aromatic rings. The molecule has 1 rings (SSSR count). The summed E-state index contributed by atoms with van der Waals surface area (Å²) < 4.78 is 15.8. The SMILES string of the molecule is COCCOCCOc1cc(CO)cc(C(C)(C)C)n1. The van der Waals surface area contributed by atoms with Gasteiger partial charge in [0.25, 0.3) is 0 Å². The summed E-state index contributed by atoms with van der Waals surface area (Å²) >= 11 is 0. The second kappa shape index (κ2) is 8.19. The van der Waals surface area contributed by atoms with Gasteiger partial charge in [0.2, 0.25) is 5.88 Å². The standard InChI is InChI=1S/C15H25NO4/c1-15(2,3)13-9-12(11-17)10-14(16-13)20-8-7-19-6-5-18-4/h9-10,17H,5-8,11H2,1-4H3. The molecule has 0 saturated heterocycles. The molecule has 0 aliphatic rings. The maximum atomic E-state index is 9.30. The summed E-state index contributed by atoms with van der Waals surface area (Å²) in [7, 11) is 1.64. The molecule has 114 valence electrons. The summed E-state index contributed by atoms with van der Waals surface area (Å²) in [5, 5.41) is 9.30. The Morgan fingerprint density at radius 1 is 1.10 bits per heavy atom. The lowest BCUT2D eigenvalue weighted by molar-refractivity contribution is 0.0536. The van der Waals surface area contributed by atoms with Crippen molar-refractivity contribution in [2.75, 3.05) is 33.5 Å². The third-order valence-electron chi connectivity index (χ3n) is 2.72. The fourth-order valence-corrected chi connectivity index (χ4v) is 1.56. The van der Waals surface area contributed by atoms with Crippen LogP contribution in [0, 0.1) is 0 Å². The third-order valence-corrected chi connectivity index (χ3v) is 2.72. The van der Waals surface area contributed by atoms with E-state index in [1.54, 1.807) is 13.2 Å². The van der Waals surface area contributed by atoms with E-state index in [0.717, 1.165) is 11.3 Å². The number of methoxy groups -OCH3 is 1. The van der Waals surface area contributed by atoms with Crippen LogP contribution in [0.5, 0.6) is 5.88 Å². The lowest BCUT2D eigenvalue weighted by Crippen LogP contribution is -2.16. The fraction of sp³-hybridized carbons (Fsp3) is 0.667. The Hall–Kier alpha value is -1.17. The molecule has 0 aromatic carbocycles. The molecule has 0 amide bonds. The van der Waals surface area contributed by atoms with Crippen molar-refractivity contribution in [2.24, 2.45) is 0 Å². The number of rotatable bonds is 8. The molecule has 5 heteroatoms. The zero-order chi connectivity index (χ0) is 15.0. The van der Waals surface area contributed by atoms with E-state index in [0.29, 0.717) is 32.3 Å². The van der Waals surface area contributed by atoms with E-state index in [9.17, 15) is 5.11 Å². The topological polar surface area (TPSA) is 60.8 Å². The predicted molar refractivity (Wildman–Crippen MR) is 77.0 cm³/mol. The molecule has 0 saturated carbocycles. The molecule has 1 N–H and O–H groups in total. The largest absolute Gasteiger partial charge is 0.475 e. The molecule has 5 nitrogen and oxygen atoms in total. The van der Waals surface area contributed by atoms with Crippen LogP contribution in [0.15, 0.2) is 12.1 Å². The molecule has 0 unspecified atom stereocenters. The van der Waals surface area contributed by atoms with Crippen LogP contribution < -0.4 is 4.74 Å². The van der Waals surface area contributed by atoms with Crippen LogP contribution >= 0.6 is 0 Å². The molecule has 0 aliphatic carbocycles. The molecule has 20 heavy (non-hydrogen) atoms. The second-order valence-electron chi connectivity index (χ2n) is 5.56. The smallest absolute Gasteiger partial charge is 0.213 e. The first-order chi connectivity index (χ1) is 9.47. The molecule has 0 bridgehead atoms. The third kappa shape index (κ3) is 5.86. The van der Waals surface area contributed by atoms with Crippen molar-refractivity contribution >= 4 is 0 Å². The molecule has 0 fully saturated rings. The molecule has 0 aliphatic heterocycles. The molecule has 0 spiro atoms. The van der Waals surface area contributed by atoms with Gasteiger partial charge in [0.15, 0.2) is 0 Å². The van der Waals surface area contributed by atoms with Crippen molar-refractivity contribution in [2.45, 2.75) is 32.8 Å². The second-order valence-corrected chi connectivity index (χ2v) is 5.56. The first-order valence-electron chi connectivity index (χ1n) is 6.79. The first-order valence-corrected chi connectivity index (χ1v) is 6.79. The Morgan fingerprint density at radius 2 is 1.80 bits per heavy atom. The Kier molecular flexibility index (Phi) is 6.91. The van der Waals surface area contributed by atoms with Crippen LogP contribution in [0.4, 0.5) is 0 Å². The van der Waals surface area contributed by atoms with Gasteiger partial charge in [-0.15, -0.1) is 0 Å². The van der Waals surface area contributed by atoms with Gasteiger partial charge in [-0.1, -0.05) is 20.8 Å². The van der Waals surface area contributed by atoms with Gasteiger partial charge in [-0.2, -0.15) is 0 Å². The van der Waals surface area contributed by atoms with Gasteiger partial charge in [-0.05, 0) is 11.6 Å². The zero-order valence-corrected chi connectivity index (χ0v) is 12.8. The number of hydrogen-bond donors (Lipinski definition) is 1. The summed E-state index contributed by atoms with van der Waals surface area (Å²) in [6, 6.07) is 3.66. The van der Waals surface area contributed by atoms with Crippen LogP contribution in [0.1, 0.15) is 32.0 Å².